The lowest BCUT2D eigenvalue weighted by molar-refractivity contribution is -0.139. The molecule has 3 N–H and O–H groups in total. The molecule has 18 nitrogen and oxygen atoms in total. The van der Waals surface area contributed by atoms with Crippen LogP contribution in [0.4, 0.5) is 4.79 Å². The van der Waals surface area contributed by atoms with Gasteiger partial charge in [-0.25, -0.2) is 9.69 Å². The van der Waals surface area contributed by atoms with Crippen molar-refractivity contribution >= 4 is 53.7 Å². The molecule has 0 saturated carbocycles. The lowest BCUT2D eigenvalue weighted by Crippen LogP contribution is -2.52. The number of ether oxygens (including phenoxy) is 5. The number of carboxylic acid groups (broad SMARTS) is 1. The summed E-state index contributed by atoms with van der Waals surface area (Å²) < 4.78 is 25.7. The summed E-state index contributed by atoms with van der Waals surface area (Å²) in [6, 6.07) is 14.3. The molecule has 3 aromatic rings. The maximum absolute atomic E-state index is 14.1. The monoisotopic (exact) mass is 763 g/mol. The molecule has 1 atom stereocenters. The average Bonchev–Trinajstić information content (AvgIpc) is 3.11. The SMILES string of the molecule is CC(=O)Oc1cccc(C(=O)NCCC(NC(=O)c2cccc(OC(C)=O)c2OC(C)=O)C(=O)N(CCC(=O)O)C(=O)OCc2ccccc2)c1OC(C)=O. The predicted octanol–water partition coefficient (Wildman–Crippen LogP) is 2.95. The molecule has 0 aliphatic carbocycles. The minimum atomic E-state index is -1.70. The number of rotatable bonds is 16. The van der Waals surface area contributed by atoms with Crippen LogP contribution in [0.15, 0.2) is 66.7 Å². The number of amides is 4. The van der Waals surface area contributed by atoms with Gasteiger partial charge in [0.25, 0.3) is 17.7 Å². The van der Waals surface area contributed by atoms with Crippen LogP contribution in [0.2, 0.25) is 0 Å². The third-order valence-electron chi connectivity index (χ3n) is 7.01. The number of carbonyl (C=O) groups is 9. The van der Waals surface area contributed by atoms with Crippen LogP contribution in [0, 0.1) is 0 Å². The average molecular weight is 764 g/mol. The maximum Gasteiger partial charge on any atom is 0.416 e. The molecule has 290 valence electrons. The zero-order valence-electron chi connectivity index (χ0n) is 30.1. The first kappa shape index (κ1) is 42.3. The summed E-state index contributed by atoms with van der Waals surface area (Å²) in [4.78, 5) is 114. The van der Waals surface area contributed by atoms with Crippen LogP contribution in [0.3, 0.4) is 0 Å². The second-order valence-corrected chi connectivity index (χ2v) is 11.4. The number of nitrogens with one attached hydrogen (secondary N) is 2. The highest BCUT2D eigenvalue weighted by molar-refractivity contribution is 6.03. The fourth-order valence-corrected chi connectivity index (χ4v) is 4.76. The van der Waals surface area contributed by atoms with E-state index in [1.807, 2.05) is 0 Å². The summed E-state index contributed by atoms with van der Waals surface area (Å²) in [5.41, 5.74) is -0.0832. The summed E-state index contributed by atoms with van der Waals surface area (Å²) in [5, 5.41) is 14.3. The zero-order chi connectivity index (χ0) is 40.7. The van der Waals surface area contributed by atoms with Crippen molar-refractivity contribution in [2.45, 2.75) is 53.2 Å². The van der Waals surface area contributed by atoms with Crippen molar-refractivity contribution < 1.29 is 71.9 Å². The van der Waals surface area contributed by atoms with Crippen molar-refractivity contribution in [2.24, 2.45) is 0 Å². The third kappa shape index (κ3) is 13.1. The van der Waals surface area contributed by atoms with Gasteiger partial charge in [0.15, 0.2) is 23.0 Å². The van der Waals surface area contributed by atoms with Crippen LogP contribution in [0.1, 0.15) is 66.8 Å². The number of imide groups is 1. The van der Waals surface area contributed by atoms with Crippen LogP contribution >= 0.6 is 0 Å². The van der Waals surface area contributed by atoms with Gasteiger partial charge in [-0.3, -0.25) is 38.4 Å². The van der Waals surface area contributed by atoms with Gasteiger partial charge in [0.2, 0.25) is 0 Å². The highest BCUT2D eigenvalue weighted by Gasteiger charge is 2.33. The quantitative estimate of drug-likeness (QED) is 0.140. The summed E-state index contributed by atoms with van der Waals surface area (Å²) in [6.07, 6.45) is -2.41. The van der Waals surface area contributed by atoms with Crippen LogP contribution in [-0.2, 0) is 40.1 Å². The Morgan fingerprint density at radius 1 is 0.655 bits per heavy atom. The van der Waals surface area contributed by atoms with E-state index in [1.54, 1.807) is 30.3 Å². The van der Waals surface area contributed by atoms with E-state index in [0.29, 0.717) is 10.5 Å². The molecule has 1 unspecified atom stereocenters. The molecule has 55 heavy (non-hydrogen) atoms. The first-order valence-corrected chi connectivity index (χ1v) is 16.4. The molecule has 0 bridgehead atoms. The van der Waals surface area contributed by atoms with E-state index >= 15 is 0 Å². The number of hydrogen-bond donors (Lipinski definition) is 3. The number of esters is 4. The number of nitrogens with zero attached hydrogens (tertiary/aromatic N) is 1. The molecule has 18 heteroatoms. The molecule has 0 heterocycles. The zero-order valence-corrected chi connectivity index (χ0v) is 30.1. The lowest BCUT2D eigenvalue weighted by atomic mass is 10.1. The fraction of sp³-hybridized carbons (Fsp3) is 0.270. The highest BCUT2D eigenvalue weighted by Crippen LogP contribution is 2.33. The third-order valence-corrected chi connectivity index (χ3v) is 7.01. The van der Waals surface area contributed by atoms with Gasteiger partial charge in [-0.05, 0) is 36.2 Å². The van der Waals surface area contributed by atoms with Crippen LogP contribution in [0.25, 0.3) is 0 Å². The van der Waals surface area contributed by atoms with Crippen molar-refractivity contribution in [2.75, 3.05) is 13.1 Å². The molecule has 0 radical (unpaired) electrons. The lowest BCUT2D eigenvalue weighted by Gasteiger charge is -2.26. The smallest absolute Gasteiger partial charge is 0.416 e. The molecule has 0 aromatic heterocycles. The Balaban J connectivity index is 1.99. The summed E-state index contributed by atoms with van der Waals surface area (Å²) in [6.45, 7) is 2.85. The highest BCUT2D eigenvalue weighted by atomic mass is 16.6. The van der Waals surface area contributed by atoms with Gasteiger partial charge in [-0.15, -0.1) is 0 Å². The van der Waals surface area contributed by atoms with Gasteiger partial charge in [0, 0.05) is 40.8 Å². The van der Waals surface area contributed by atoms with Crippen molar-refractivity contribution in [3.05, 3.63) is 83.4 Å². The van der Waals surface area contributed by atoms with E-state index < -0.39 is 91.4 Å². The number of para-hydroxylation sites is 2. The Hall–Kier alpha value is -7.11. The van der Waals surface area contributed by atoms with Gasteiger partial charge in [0.05, 0.1) is 17.5 Å². The van der Waals surface area contributed by atoms with E-state index in [4.69, 9.17) is 23.7 Å². The van der Waals surface area contributed by atoms with Gasteiger partial charge in [-0.2, -0.15) is 0 Å². The Morgan fingerprint density at radius 3 is 1.65 bits per heavy atom. The molecule has 0 aliphatic heterocycles. The van der Waals surface area contributed by atoms with Crippen molar-refractivity contribution in [1.82, 2.24) is 15.5 Å². The molecular weight excluding hydrogens is 726 g/mol. The Morgan fingerprint density at radius 2 is 1.16 bits per heavy atom. The second-order valence-electron chi connectivity index (χ2n) is 11.4. The van der Waals surface area contributed by atoms with Gasteiger partial charge in [0.1, 0.15) is 12.6 Å². The van der Waals surface area contributed by atoms with E-state index in [9.17, 15) is 48.3 Å². The fourth-order valence-electron chi connectivity index (χ4n) is 4.76. The first-order chi connectivity index (χ1) is 26.1. The topological polar surface area (TPSA) is 247 Å². The second kappa shape index (κ2) is 20.2. The number of carboxylic acids is 1. The molecule has 3 aromatic carbocycles. The summed E-state index contributed by atoms with van der Waals surface area (Å²) in [7, 11) is 0. The number of carbonyl (C=O) groups excluding carboxylic acids is 8. The van der Waals surface area contributed by atoms with E-state index in [2.05, 4.69) is 10.6 Å². The van der Waals surface area contributed by atoms with Crippen LogP contribution in [-0.4, -0.2) is 82.8 Å². The van der Waals surface area contributed by atoms with Crippen LogP contribution in [0.5, 0.6) is 23.0 Å². The first-order valence-electron chi connectivity index (χ1n) is 16.4. The van der Waals surface area contributed by atoms with Crippen LogP contribution < -0.4 is 29.6 Å². The van der Waals surface area contributed by atoms with Gasteiger partial charge >= 0.3 is 35.9 Å². The molecular formula is C37H37N3O15. The maximum atomic E-state index is 14.1. The minimum absolute atomic E-state index is 0.238. The standard InChI is InChI=1S/C37H37N3O15/c1-21(41)52-29-14-8-12-26(32(29)54-23(3)43)34(47)38-18-16-28(39-35(48)27-13-9-15-30(53-22(2)42)33(27)55-24(4)44)36(49)40(19-17-31(45)46)37(50)51-20-25-10-6-5-7-11-25/h5-15,28H,16-20H2,1-4H3,(H,38,47)(H,39,48)(H,45,46). The van der Waals surface area contributed by atoms with E-state index in [1.165, 1.54) is 36.4 Å². The molecule has 0 saturated heterocycles. The normalized spacial score (nSPS) is 10.8. The molecule has 4 amide bonds. The number of aliphatic carboxylic acids is 1. The van der Waals surface area contributed by atoms with Crippen molar-refractivity contribution in [3.63, 3.8) is 0 Å². The summed E-state index contributed by atoms with van der Waals surface area (Å²) >= 11 is 0. The number of benzene rings is 3. The van der Waals surface area contributed by atoms with Crippen molar-refractivity contribution in [3.8, 4) is 23.0 Å². The largest absolute Gasteiger partial charge is 0.481 e. The Labute approximate surface area is 313 Å². The van der Waals surface area contributed by atoms with E-state index in [-0.39, 0.29) is 35.0 Å². The Kier molecular flexibility index (Phi) is 15.5. The molecule has 0 fully saturated rings. The number of hydrogen-bond acceptors (Lipinski definition) is 14. The van der Waals surface area contributed by atoms with Gasteiger partial charge in [-0.1, -0.05) is 42.5 Å². The van der Waals surface area contributed by atoms with Crippen molar-refractivity contribution in [1.29, 1.82) is 0 Å². The molecule has 0 spiro atoms. The predicted molar refractivity (Wildman–Crippen MR) is 187 cm³/mol. The molecule has 0 aliphatic rings. The van der Waals surface area contributed by atoms with Gasteiger partial charge < -0.3 is 39.4 Å². The molecule has 3 rings (SSSR count). The summed E-state index contributed by atoms with van der Waals surface area (Å²) in [5.74, 6) is -9.18. The Bertz CT molecular complexity index is 1960. The minimum Gasteiger partial charge on any atom is -0.481 e. The van der Waals surface area contributed by atoms with E-state index in [0.717, 1.165) is 27.7 Å².